The molecule has 2 aliphatic heterocycles. The number of hydrogen-bond donors (Lipinski definition) is 3. The molecule has 2 aliphatic rings. The summed E-state index contributed by atoms with van der Waals surface area (Å²) in [6, 6.07) is 15.7. The highest BCUT2D eigenvalue weighted by Crippen LogP contribution is 2.35. The molecule has 0 radical (unpaired) electrons. The summed E-state index contributed by atoms with van der Waals surface area (Å²) in [4.78, 5) is 2.36. The van der Waals surface area contributed by atoms with Crippen molar-refractivity contribution in [1.29, 1.82) is 0 Å². The van der Waals surface area contributed by atoms with Gasteiger partial charge in [-0.15, -0.1) is 0 Å². The van der Waals surface area contributed by atoms with Crippen molar-refractivity contribution in [3.8, 4) is 0 Å². The van der Waals surface area contributed by atoms with Crippen LogP contribution in [0.1, 0.15) is 48.1 Å². The van der Waals surface area contributed by atoms with E-state index in [1.54, 1.807) is 0 Å². The predicted molar refractivity (Wildman–Crippen MR) is 123 cm³/mol. The van der Waals surface area contributed by atoms with Crippen LogP contribution in [0.25, 0.3) is 11.3 Å². The zero-order valence-electron chi connectivity index (χ0n) is 17.8. The molecule has 0 saturated carbocycles. The van der Waals surface area contributed by atoms with Crippen LogP contribution in [0.4, 0.5) is 5.69 Å². The minimum absolute atomic E-state index is 0.239. The van der Waals surface area contributed by atoms with Crippen LogP contribution in [0, 0.1) is 6.92 Å². The van der Waals surface area contributed by atoms with Crippen LogP contribution >= 0.6 is 0 Å². The lowest BCUT2D eigenvalue weighted by Gasteiger charge is -2.25. The first-order chi connectivity index (χ1) is 14.0. The zero-order valence-corrected chi connectivity index (χ0v) is 17.8. The molecule has 0 aromatic heterocycles. The van der Waals surface area contributed by atoms with Gasteiger partial charge in [0.05, 0.1) is 11.7 Å². The van der Waals surface area contributed by atoms with E-state index >= 15 is 0 Å². The largest absolute Gasteiger partial charge is 0.401 e. The van der Waals surface area contributed by atoms with Gasteiger partial charge < -0.3 is 21.3 Å². The molecule has 1 atom stereocenters. The molecule has 4 nitrogen and oxygen atoms in total. The summed E-state index contributed by atoms with van der Waals surface area (Å²) in [6.45, 7) is 7.14. The summed E-state index contributed by atoms with van der Waals surface area (Å²) in [6.07, 6.45) is 4.47. The first-order valence-corrected chi connectivity index (χ1v) is 10.6. The molecule has 2 heterocycles. The summed E-state index contributed by atoms with van der Waals surface area (Å²) in [5.41, 5.74) is 15.9. The third-order valence-electron chi connectivity index (χ3n) is 5.97. The van der Waals surface area contributed by atoms with Crippen molar-refractivity contribution >= 4 is 17.0 Å². The predicted octanol–water partition coefficient (Wildman–Crippen LogP) is 4.51. The molecule has 1 unspecified atom stereocenters. The standard InChI is InChI=1S/C25H32N4/c1-17-5-4-6-21(15-17)28-24-9-12-27-25(18(2)26)22-8-7-20(16-23(22)24)19-10-13-29(3)14-11-19/h4-8,10,15-16,24,27-28H,9,11-14,26H2,1-3H3/b25-18-. The van der Waals surface area contributed by atoms with Gasteiger partial charge in [0.1, 0.15) is 0 Å². The van der Waals surface area contributed by atoms with Gasteiger partial charge in [0.2, 0.25) is 0 Å². The van der Waals surface area contributed by atoms with Crippen LogP contribution in [0.15, 0.2) is 54.2 Å². The molecule has 4 rings (SSSR count). The Bertz CT molecular complexity index is 953. The smallest absolute Gasteiger partial charge is 0.0605 e. The number of benzene rings is 2. The molecule has 4 N–H and O–H groups in total. The molecule has 2 aromatic rings. The van der Waals surface area contributed by atoms with Crippen LogP contribution in [0.5, 0.6) is 0 Å². The number of aryl methyl sites for hydroxylation is 1. The van der Waals surface area contributed by atoms with Crippen molar-refractivity contribution in [1.82, 2.24) is 10.2 Å². The molecule has 152 valence electrons. The lowest BCUT2D eigenvalue weighted by Crippen LogP contribution is -2.23. The van der Waals surface area contributed by atoms with Crippen LogP contribution < -0.4 is 16.4 Å². The van der Waals surface area contributed by atoms with Gasteiger partial charge in [-0.1, -0.05) is 30.3 Å². The summed E-state index contributed by atoms with van der Waals surface area (Å²) < 4.78 is 0. The summed E-state index contributed by atoms with van der Waals surface area (Å²) in [5, 5.41) is 7.35. The molecule has 0 aliphatic carbocycles. The number of rotatable bonds is 3. The maximum Gasteiger partial charge on any atom is 0.0605 e. The molecule has 0 spiro atoms. The molecular weight excluding hydrogens is 356 g/mol. The van der Waals surface area contributed by atoms with Gasteiger partial charge in [0.15, 0.2) is 0 Å². The van der Waals surface area contributed by atoms with E-state index in [1.807, 2.05) is 6.92 Å². The number of anilines is 1. The fourth-order valence-electron chi connectivity index (χ4n) is 4.34. The quantitative estimate of drug-likeness (QED) is 0.724. The number of nitrogens with one attached hydrogen (secondary N) is 2. The zero-order chi connectivity index (χ0) is 20.4. The normalized spacial score (nSPS) is 21.5. The highest BCUT2D eigenvalue weighted by Gasteiger charge is 2.23. The highest BCUT2D eigenvalue weighted by molar-refractivity contribution is 5.75. The molecule has 4 heteroatoms. The third kappa shape index (κ3) is 4.33. The summed E-state index contributed by atoms with van der Waals surface area (Å²) in [5.74, 6) is 0. The number of likely N-dealkylation sites (N-methyl/N-ethyl adjacent to an activating group) is 1. The number of nitrogens with zero attached hydrogens (tertiary/aromatic N) is 1. The Balaban J connectivity index is 1.75. The van der Waals surface area contributed by atoms with E-state index in [0.29, 0.717) is 0 Å². The van der Waals surface area contributed by atoms with Crippen LogP contribution in [-0.4, -0.2) is 31.6 Å². The van der Waals surface area contributed by atoms with Crippen molar-refractivity contribution in [3.05, 3.63) is 76.5 Å². The molecule has 0 amide bonds. The van der Waals surface area contributed by atoms with E-state index in [0.717, 1.165) is 43.9 Å². The molecule has 0 fully saturated rings. The van der Waals surface area contributed by atoms with E-state index < -0.39 is 0 Å². The van der Waals surface area contributed by atoms with Crippen molar-refractivity contribution in [2.75, 3.05) is 32.0 Å². The molecule has 0 bridgehead atoms. The number of fused-ring (bicyclic) bond motifs is 1. The third-order valence-corrected chi connectivity index (χ3v) is 5.97. The number of nitrogens with two attached hydrogens (primary N) is 1. The topological polar surface area (TPSA) is 53.3 Å². The van der Waals surface area contributed by atoms with Crippen LogP contribution in [0.3, 0.4) is 0 Å². The van der Waals surface area contributed by atoms with E-state index in [1.165, 1.54) is 33.5 Å². The van der Waals surface area contributed by atoms with Gasteiger partial charge in [-0.25, -0.2) is 0 Å². The first-order valence-electron chi connectivity index (χ1n) is 10.6. The van der Waals surface area contributed by atoms with Gasteiger partial charge >= 0.3 is 0 Å². The Morgan fingerprint density at radius 1 is 1.21 bits per heavy atom. The molecule has 29 heavy (non-hydrogen) atoms. The Labute approximate surface area is 174 Å². The van der Waals surface area contributed by atoms with E-state index in [4.69, 9.17) is 5.73 Å². The summed E-state index contributed by atoms with van der Waals surface area (Å²) in [7, 11) is 2.18. The Morgan fingerprint density at radius 3 is 2.79 bits per heavy atom. The fraction of sp³-hybridized carbons (Fsp3) is 0.360. The maximum absolute atomic E-state index is 6.25. The van der Waals surface area contributed by atoms with Crippen molar-refractivity contribution in [2.45, 2.75) is 32.7 Å². The van der Waals surface area contributed by atoms with Gasteiger partial charge in [0.25, 0.3) is 0 Å². The first kappa shape index (κ1) is 19.6. The Hall–Kier alpha value is -2.72. The highest BCUT2D eigenvalue weighted by atomic mass is 15.1. The second-order valence-corrected chi connectivity index (χ2v) is 8.38. The van der Waals surface area contributed by atoms with Crippen LogP contribution in [0.2, 0.25) is 0 Å². The lowest BCUT2D eigenvalue weighted by molar-refractivity contribution is 0.370. The average molecular weight is 389 g/mol. The van der Waals surface area contributed by atoms with Crippen molar-refractivity contribution in [3.63, 3.8) is 0 Å². The number of hydrogen-bond acceptors (Lipinski definition) is 4. The Morgan fingerprint density at radius 2 is 2.07 bits per heavy atom. The number of allylic oxidation sites excluding steroid dienone is 1. The van der Waals surface area contributed by atoms with Gasteiger partial charge in [0, 0.05) is 36.6 Å². The van der Waals surface area contributed by atoms with Gasteiger partial charge in [-0.3, -0.25) is 0 Å². The SMILES string of the molecule is C/C(N)=C1/NCCC(Nc2cccc(C)c2)c2cc(C3=CCN(C)CC3)ccc21. The van der Waals surface area contributed by atoms with Crippen molar-refractivity contribution in [2.24, 2.45) is 5.73 Å². The molecular formula is C25H32N4. The van der Waals surface area contributed by atoms with Gasteiger partial charge in [-0.2, -0.15) is 0 Å². The Kier molecular flexibility index (Phi) is 5.63. The van der Waals surface area contributed by atoms with E-state index in [-0.39, 0.29) is 6.04 Å². The lowest BCUT2D eigenvalue weighted by atomic mass is 9.90. The van der Waals surface area contributed by atoms with Crippen LogP contribution in [-0.2, 0) is 0 Å². The maximum atomic E-state index is 6.25. The van der Waals surface area contributed by atoms with Gasteiger partial charge in [-0.05, 0) is 74.2 Å². The summed E-state index contributed by atoms with van der Waals surface area (Å²) >= 11 is 0. The van der Waals surface area contributed by atoms with E-state index in [2.05, 4.69) is 78.0 Å². The monoisotopic (exact) mass is 388 g/mol. The fourth-order valence-corrected chi connectivity index (χ4v) is 4.34. The molecule has 0 saturated heterocycles. The molecule has 2 aromatic carbocycles. The minimum atomic E-state index is 0.239. The minimum Gasteiger partial charge on any atom is -0.401 e. The second-order valence-electron chi connectivity index (χ2n) is 8.38. The van der Waals surface area contributed by atoms with E-state index in [9.17, 15) is 0 Å². The van der Waals surface area contributed by atoms with Crippen molar-refractivity contribution < 1.29 is 0 Å². The second kappa shape index (κ2) is 8.34. The average Bonchev–Trinajstić information content (AvgIpc) is 2.88.